The van der Waals surface area contributed by atoms with Crippen LogP contribution in [0.5, 0.6) is 0 Å². The molecule has 4 bridgehead atoms. The van der Waals surface area contributed by atoms with Gasteiger partial charge < -0.3 is 10.1 Å². The number of morpholine rings is 1. The average molecular weight is 437 g/mol. The molecule has 1 amide bonds. The minimum Gasteiger partial charge on any atom is -0.379 e. The summed E-state index contributed by atoms with van der Waals surface area (Å²) in [5.74, 6) is 2.05. The van der Waals surface area contributed by atoms with E-state index >= 15 is 0 Å². The lowest BCUT2D eigenvalue weighted by Gasteiger charge is -2.60. The van der Waals surface area contributed by atoms with Crippen LogP contribution in [0, 0.1) is 23.2 Å². The molecule has 4 saturated carbocycles. The smallest absolute Gasteiger partial charge is 0.276 e. The second kappa shape index (κ2) is 7.96. The van der Waals surface area contributed by atoms with E-state index in [0.29, 0.717) is 10.9 Å². The number of nitrogens with one attached hydrogen (secondary N) is 2. The summed E-state index contributed by atoms with van der Waals surface area (Å²) in [4.78, 5) is 28.9. The first-order valence-corrected chi connectivity index (χ1v) is 12.2. The third kappa shape index (κ3) is 3.55. The fourth-order valence-electron chi connectivity index (χ4n) is 7.49. The summed E-state index contributed by atoms with van der Waals surface area (Å²) < 4.78 is 5.55. The van der Waals surface area contributed by atoms with E-state index in [2.05, 4.69) is 20.4 Å². The average Bonchev–Trinajstić information content (AvgIpc) is 2.79. The lowest BCUT2D eigenvalue weighted by Crippen LogP contribution is -2.61. The van der Waals surface area contributed by atoms with E-state index < -0.39 is 0 Å². The van der Waals surface area contributed by atoms with E-state index in [1.54, 1.807) is 6.07 Å². The standard InChI is InChI=1S/C25H32N4O3/c30-23-19-3-1-2-4-20(19)27-28-22(23)24(31)26-21(15-29-5-7-32-8-6-29)25-12-16-9-17(13-25)11-18(10-16)14-25/h1-4,16-18,21H,5-15H2,(H,26,31)(H,27,30). The number of fused-ring (bicyclic) bond motifs is 1. The van der Waals surface area contributed by atoms with Gasteiger partial charge in [-0.2, -0.15) is 5.10 Å². The number of hydrogen-bond donors (Lipinski definition) is 2. The number of H-pyrrole nitrogens is 1. The topological polar surface area (TPSA) is 87.3 Å². The summed E-state index contributed by atoms with van der Waals surface area (Å²) in [5.41, 5.74) is 0.472. The molecular formula is C25H32N4O3. The van der Waals surface area contributed by atoms with Crippen molar-refractivity contribution in [3.8, 4) is 0 Å². The van der Waals surface area contributed by atoms with Crippen LogP contribution in [0.25, 0.3) is 10.9 Å². The number of carbonyl (C=O) groups excluding carboxylic acids is 1. The van der Waals surface area contributed by atoms with E-state index in [0.717, 1.165) is 50.6 Å². The van der Waals surface area contributed by atoms with Crippen molar-refractivity contribution in [2.24, 2.45) is 23.2 Å². The van der Waals surface area contributed by atoms with Crippen molar-refractivity contribution >= 4 is 16.8 Å². The zero-order valence-electron chi connectivity index (χ0n) is 18.5. The third-order valence-electron chi connectivity index (χ3n) is 8.56. The fraction of sp³-hybridized carbons (Fsp3) is 0.640. The van der Waals surface area contributed by atoms with Crippen molar-refractivity contribution in [3.63, 3.8) is 0 Å². The Morgan fingerprint density at radius 1 is 1.12 bits per heavy atom. The van der Waals surface area contributed by atoms with Gasteiger partial charge in [0.05, 0.1) is 18.7 Å². The molecule has 1 aliphatic heterocycles. The molecule has 2 heterocycles. The molecule has 2 N–H and O–H groups in total. The normalized spacial score (nSPS) is 32.8. The highest BCUT2D eigenvalue weighted by atomic mass is 16.5. The van der Waals surface area contributed by atoms with E-state index in [-0.39, 0.29) is 28.5 Å². The molecule has 2 aromatic rings. The molecular weight excluding hydrogens is 404 g/mol. The summed E-state index contributed by atoms with van der Waals surface area (Å²) in [6, 6.07) is 7.26. The molecule has 1 saturated heterocycles. The lowest BCUT2D eigenvalue weighted by molar-refractivity contribution is -0.0810. The van der Waals surface area contributed by atoms with Crippen molar-refractivity contribution in [3.05, 3.63) is 40.2 Å². The SMILES string of the molecule is O=C(NC(CN1CCOCC1)C12CC3CC(CC(C3)C1)C2)c1n[nH]c2ccccc2c1=O. The van der Waals surface area contributed by atoms with Gasteiger partial charge in [-0.05, 0) is 73.8 Å². The number of para-hydroxylation sites is 1. The molecule has 1 atom stereocenters. The van der Waals surface area contributed by atoms with Crippen molar-refractivity contribution in [2.75, 3.05) is 32.8 Å². The first-order valence-electron chi connectivity index (χ1n) is 12.2. The van der Waals surface area contributed by atoms with E-state index in [4.69, 9.17) is 4.74 Å². The molecule has 7 heteroatoms. The van der Waals surface area contributed by atoms with E-state index in [9.17, 15) is 9.59 Å². The highest BCUT2D eigenvalue weighted by Crippen LogP contribution is 2.61. The summed E-state index contributed by atoms with van der Waals surface area (Å²) >= 11 is 0. The highest BCUT2D eigenvalue weighted by molar-refractivity contribution is 5.95. The summed E-state index contributed by atoms with van der Waals surface area (Å²) in [7, 11) is 0. The summed E-state index contributed by atoms with van der Waals surface area (Å²) in [6.45, 7) is 4.11. The van der Waals surface area contributed by atoms with E-state index in [1.807, 2.05) is 18.2 Å². The number of benzene rings is 1. The van der Waals surface area contributed by atoms with Crippen molar-refractivity contribution in [1.82, 2.24) is 20.4 Å². The highest BCUT2D eigenvalue weighted by Gasteiger charge is 2.54. The van der Waals surface area contributed by atoms with Gasteiger partial charge in [0.1, 0.15) is 0 Å². The molecule has 7 rings (SSSR count). The number of rotatable bonds is 5. The minimum absolute atomic E-state index is 0.0274. The molecule has 5 aliphatic rings. The van der Waals surface area contributed by atoms with Crippen molar-refractivity contribution in [1.29, 1.82) is 0 Å². The van der Waals surface area contributed by atoms with Gasteiger partial charge in [-0.25, -0.2) is 0 Å². The maximum absolute atomic E-state index is 13.4. The number of carbonyl (C=O) groups is 1. The van der Waals surface area contributed by atoms with Crippen LogP contribution in [0.4, 0.5) is 0 Å². The van der Waals surface area contributed by atoms with Gasteiger partial charge in [0.2, 0.25) is 5.43 Å². The minimum atomic E-state index is -0.342. The Morgan fingerprint density at radius 2 is 1.78 bits per heavy atom. The van der Waals surface area contributed by atoms with Crippen LogP contribution < -0.4 is 10.7 Å². The zero-order valence-corrected chi connectivity index (χ0v) is 18.5. The molecule has 1 unspecified atom stereocenters. The van der Waals surface area contributed by atoms with Crippen molar-refractivity contribution < 1.29 is 9.53 Å². The number of nitrogens with zero attached hydrogens (tertiary/aromatic N) is 2. The molecule has 1 aromatic carbocycles. The molecule has 4 aliphatic carbocycles. The van der Waals surface area contributed by atoms with Gasteiger partial charge in [0, 0.05) is 31.1 Å². The van der Waals surface area contributed by atoms with Gasteiger partial charge in [0.15, 0.2) is 5.69 Å². The van der Waals surface area contributed by atoms with Crippen LogP contribution in [0.3, 0.4) is 0 Å². The number of aromatic amines is 1. The maximum Gasteiger partial charge on any atom is 0.276 e. The Labute approximate surface area is 187 Å². The van der Waals surface area contributed by atoms with Crippen LogP contribution in [0.15, 0.2) is 29.1 Å². The number of ether oxygens (including phenoxy) is 1. The Hall–Kier alpha value is -2.25. The van der Waals surface area contributed by atoms with Crippen LogP contribution >= 0.6 is 0 Å². The van der Waals surface area contributed by atoms with Crippen LogP contribution in [-0.4, -0.2) is 59.9 Å². The predicted octanol–water partition coefficient (Wildman–Crippen LogP) is 2.57. The molecule has 0 radical (unpaired) electrons. The molecule has 1 aromatic heterocycles. The second-order valence-corrected chi connectivity index (χ2v) is 10.7. The van der Waals surface area contributed by atoms with Gasteiger partial charge >= 0.3 is 0 Å². The van der Waals surface area contributed by atoms with Gasteiger partial charge in [-0.15, -0.1) is 0 Å². The summed E-state index contributed by atoms with van der Waals surface area (Å²) in [5, 5.41) is 10.9. The quantitative estimate of drug-likeness (QED) is 0.752. The zero-order chi connectivity index (χ0) is 21.7. The Kier molecular flexibility index (Phi) is 5.06. The first kappa shape index (κ1) is 20.4. The van der Waals surface area contributed by atoms with E-state index in [1.165, 1.54) is 38.5 Å². The Morgan fingerprint density at radius 3 is 2.47 bits per heavy atom. The second-order valence-electron chi connectivity index (χ2n) is 10.7. The largest absolute Gasteiger partial charge is 0.379 e. The molecule has 170 valence electrons. The Balaban J connectivity index is 1.31. The van der Waals surface area contributed by atoms with Crippen LogP contribution in [0.2, 0.25) is 0 Å². The Bertz CT molecular complexity index is 1040. The van der Waals surface area contributed by atoms with Gasteiger partial charge in [0.25, 0.3) is 5.91 Å². The molecule has 32 heavy (non-hydrogen) atoms. The molecule has 0 spiro atoms. The molecule has 5 fully saturated rings. The molecule has 7 nitrogen and oxygen atoms in total. The summed E-state index contributed by atoms with van der Waals surface area (Å²) in [6.07, 6.45) is 7.71. The van der Waals surface area contributed by atoms with Crippen LogP contribution in [0.1, 0.15) is 49.0 Å². The number of amides is 1. The first-order chi connectivity index (χ1) is 15.6. The number of aromatic nitrogens is 2. The predicted molar refractivity (Wildman–Crippen MR) is 121 cm³/mol. The lowest BCUT2D eigenvalue weighted by atomic mass is 9.47. The fourth-order valence-corrected chi connectivity index (χ4v) is 7.49. The van der Waals surface area contributed by atoms with Crippen LogP contribution in [-0.2, 0) is 4.74 Å². The van der Waals surface area contributed by atoms with Gasteiger partial charge in [-0.1, -0.05) is 12.1 Å². The van der Waals surface area contributed by atoms with Gasteiger partial charge in [-0.3, -0.25) is 19.6 Å². The maximum atomic E-state index is 13.4. The van der Waals surface area contributed by atoms with Crippen molar-refractivity contribution in [2.45, 2.75) is 44.6 Å². The monoisotopic (exact) mass is 436 g/mol. The number of hydrogen-bond acceptors (Lipinski definition) is 5. The third-order valence-corrected chi connectivity index (χ3v) is 8.56.